The van der Waals surface area contributed by atoms with Crippen LogP contribution < -0.4 is 5.32 Å². The van der Waals surface area contributed by atoms with Crippen molar-refractivity contribution in [3.63, 3.8) is 0 Å². The number of hydrogen-bond acceptors (Lipinski definition) is 2. The Bertz CT molecular complexity index is 299. The largest absolute Gasteiger partial charge is 0.313 e. The first-order valence-electron chi connectivity index (χ1n) is 5.54. The summed E-state index contributed by atoms with van der Waals surface area (Å²) >= 11 is 0. The van der Waals surface area contributed by atoms with Crippen LogP contribution in [0.3, 0.4) is 0 Å². The fourth-order valence-corrected chi connectivity index (χ4v) is 1.91. The van der Waals surface area contributed by atoms with E-state index in [1.54, 1.807) is 0 Å². The molecule has 0 aromatic carbocycles. The first kappa shape index (κ1) is 9.71. The number of nitrogens with zero attached hydrogens (tertiary/aromatic N) is 2. The second-order valence-corrected chi connectivity index (χ2v) is 4.13. The zero-order valence-electron chi connectivity index (χ0n) is 9.08. The number of aryl methyl sites for hydroxylation is 1. The van der Waals surface area contributed by atoms with E-state index in [1.807, 2.05) is 10.9 Å². The van der Waals surface area contributed by atoms with Gasteiger partial charge in [0, 0.05) is 30.8 Å². The normalized spacial score (nSPS) is 16.1. The van der Waals surface area contributed by atoms with Gasteiger partial charge in [-0.25, -0.2) is 0 Å². The average Bonchev–Trinajstić information content (AvgIpc) is 2.93. The maximum Gasteiger partial charge on any atom is 0.0537 e. The van der Waals surface area contributed by atoms with Gasteiger partial charge in [0.15, 0.2) is 0 Å². The van der Waals surface area contributed by atoms with Gasteiger partial charge in [0.05, 0.1) is 6.20 Å². The summed E-state index contributed by atoms with van der Waals surface area (Å²) in [6.45, 7) is 4.27. The highest BCUT2D eigenvalue weighted by atomic mass is 15.3. The highest BCUT2D eigenvalue weighted by molar-refractivity contribution is 5.25. The molecule has 1 saturated carbocycles. The van der Waals surface area contributed by atoms with Crippen LogP contribution in [0.2, 0.25) is 0 Å². The van der Waals surface area contributed by atoms with Gasteiger partial charge < -0.3 is 5.32 Å². The second-order valence-electron chi connectivity index (χ2n) is 4.13. The molecule has 1 aliphatic carbocycles. The Kier molecular flexibility index (Phi) is 2.87. The number of hydrogen-bond donors (Lipinski definition) is 1. The Balaban J connectivity index is 2.01. The predicted octanol–water partition coefficient (Wildman–Crippen LogP) is 1.80. The van der Waals surface area contributed by atoms with Crippen LogP contribution >= 0.6 is 0 Å². The zero-order valence-corrected chi connectivity index (χ0v) is 9.08. The Morgan fingerprint density at radius 3 is 3.00 bits per heavy atom. The average molecular weight is 193 g/mol. The van der Waals surface area contributed by atoms with Gasteiger partial charge in [-0.2, -0.15) is 5.10 Å². The van der Waals surface area contributed by atoms with Gasteiger partial charge in [-0.15, -0.1) is 0 Å². The minimum Gasteiger partial charge on any atom is -0.313 e. The van der Waals surface area contributed by atoms with E-state index in [4.69, 9.17) is 0 Å². The molecule has 0 amide bonds. The predicted molar refractivity (Wildman–Crippen MR) is 57.2 cm³/mol. The lowest BCUT2D eigenvalue weighted by atomic mass is 10.2. The molecule has 78 valence electrons. The molecule has 1 aromatic heterocycles. The van der Waals surface area contributed by atoms with Gasteiger partial charge in [0.1, 0.15) is 0 Å². The summed E-state index contributed by atoms with van der Waals surface area (Å²) in [5.41, 5.74) is 2.84. The van der Waals surface area contributed by atoms with E-state index >= 15 is 0 Å². The highest BCUT2D eigenvalue weighted by Gasteiger charge is 2.28. The van der Waals surface area contributed by atoms with E-state index in [9.17, 15) is 0 Å². The maximum atomic E-state index is 4.33. The zero-order chi connectivity index (χ0) is 9.97. The van der Waals surface area contributed by atoms with Crippen molar-refractivity contribution in [3.8, 4) is 0 Å². The lowest BCUT2D eigenvalue weighted by Gasteiger charge is -2.05. The van der Waals surface area contributed by atoms with Crippen molar-refractivity contribution in [2.75, 3.05) is 6.54 Å². The number of rotatable bonds is 5. The minimum atomic E-state index is 0.793. The van der Waals surface area contributed by atoms with Crippen LogP contribution in [-0.4, -0.2) is 16.3 Å². The van der Waals surface area contributed by atoms with E-state index in [0.29, 0.717) is 0 Å². The third-order valence-corrected chi connectivity index (χ3v) is 2.77. The molecule has 0 atom stereocenters. The minimum absolute atomic E-state index is 0.793. The molecule has 1 heterocycles. The molecule has 0 aliphatic heterocycles. The molecule has 0 spiro atoms. The number of aromatic nitrogens is 2. The molecule has 3 nitrogen and oxygen atoms in total. The van der Waals surface area contributed by atoms with Crippen LogP contribution in [0.25, 0.3) is 0 Å². The van der Waals surface area contributed by atoms with Crippen molar-refractivity contribution in [3.05, 3.63) is 17.5 Å². The second kappa shape index (κ2) is 4.13. The van der Waals surface area contributed by atoms with Gasteiger partial charge >= 0.3 is 0 Å². The maximum absolute atomic E-state index is 4.33. The third-order valence-electron chi connectivity index (χ3n) is 2.77. The summed E-state index contributed by atoms with van der Waals surface area (Å²) in [6.07, 6.45) is 5.90. The number of nitrogens with one attached hydrogen (secondary N) is 1. The van der Waals surface area contributed by atoms with Crippen LogP contribution in [-0.2, 0) is 13.6 Å². The van der Waals surface area contributed by atoms with Crippen molar-refractivity contribution >= 4 is 0 Å². The highest BCUT2D eigenvalue weighted by Crippen LogP contribution is 2.41. The van der Waals surface area contributed by atoms with E-state index in [2.05, 4.69) is 24.4 Å². The van der Waals surface area contributed by atoms with E-state index in [-0.39, 0.29) is 0 Å². The standard InChI is InChI=1S/C11H19N3/c1-3-6-12-7-10-8-13-14(2)11(10)9-4-5-9/h8-9,12H,3-7H2,1-2H3. The fourth-order valence-electron chi connectivity index (χ4n) is 1.91. The Hall–Kier alpha value is -0.830. The van der Waals surface area contributed by atoms with Gasteiger partial charge in [-0.05, 0) is 25.8 Å². The van der Waals surface area contributed by atoms with Gasteiger partial charge in [-0.3, -0.25) is 4.68 Å². The van der Waals surface area contributed by atoms with Crippen molar-refractivity contribution in [1.82, 2.24) is 15.1 Å². The molecular weight excluding hydrogens is 174 g/mol. The monoisotopic (exact) mass is 193 g/mol. The van der Waals surface area contributed by atoms with Crippen LogP contribution in [0.1, 0.15) is 43.4 Å². The molecule has 3 heteroatoms. The van der Waals surface area contributed by atoms with Crippen LogP contribution in [0.5, 0.6) is 0 Å². The first-order valence-corrected chi connectivity index (χ1v) is 5.54. The lowest BCUT2D eigenvalue weighted by Crippen LogP contribution is -2.14. The first-order chi connectivity index (χ1) is 6.83. The summed E-state index contributed by atoms with van der Waals surface area (Å²) in [6, 6.07) is 0. The molecule has 2 rings (SSSR count). The van der Waals surface area contributed by atoms with Crippen LogP contribution in [0.4, 0.5) is 0 Å². The van der Waals surface area contributed by atoms with Gasteiger partial charge in [-0.1, -0.05) is 6.92 Å². The van der Waals surface area contributed by atoms with Gasteiger partial charge in [0.2, 0.25) is 0 Å². The van der Waals surface area contributed by atoms with Gasteiger partial charge in [0.25, 0.3) is 0 Å². The topological polar surface area (TPSA) is 29.9 Å². The molecular formula is C11H19N3. The van der Waals surface area contributed by atoms with Crippen molar-refractivity contribution in [2.24, 2.45) is 7.05 Å². The molecule has 1 N–H and O–H groups in total. The molecule has 1 aromatic rings. The van der Waals surface area contributed by atoms with Crippen LogP contribution in [0, 0.1) is 0 Å². The Morgan fingerprint density at radius 1 is 1.57 bits per heavy atom. The van der Waals surface area contributed by atoms with Crippen molar-refractivity contribution in [1.29, 1.82) is 0 Å². The summed E-state index contributed by atoms with van der Waals surface area (Å²) in [5.74, 6) is 0.793. The lowest BCUT2D eigenvalue weighted by molar-refractivity contribution is 0.662. The Morgan fingerprint density at radius 2 is 2.36 bits per heavy atom. The quantitative estimate of drug-likeness (QED) is 0.723. The summed E-state index contributed by atoms with van der Waals surface area (Å²) in [4.78, 5) is 0. The van der Waals surface area contributed by atoms with E-state index < -0.39 is 0 Å². The molecule has 0 unspecified atom stereocenters. The summed E-state index contributed by atoms with van der Waals surface area (Å²) in [5, 5.41) is 7.77. The van der Waals surface area contributed by atoms with Crippen molar-refractivity contribution in [2.45, 2.75) is 38.6 Å². The molecule has 0 bridgehead atoms. The molecule has 1 fully saturated rings. The molecule has 0 radical (unpaired) electrons. The molecule has 1 aliphatic rings. The fraction of sp³-hybridized carbons (Fsp3) is 0.727. The summed E-state index contributed by atoms with van der Waals surface area (Å²) in [7, 11) is 2.05. The van der Waals surface area contributed by atoms with Crippen molar-refractivity contribution < 1.29 is 0 Å². The molecule has 14 heavy (non-hydrogen) atoms. The third kappa shape index (κ3) is 1.98. The molecule has 0 saturated heterocycles. The SMILES string of the molecule is CCCNCc1cnn(C)c1C1CC1. The van der Waals surface area contributed by atoms with Crippen LogP contribution in [0.15, 0.2) is 6.20 Å². The smallest absolute Gasteiger partial charge is 0.0537 e. The van der Waals surface area contributed by atoms with E-state index in [0.717, 1.165) is 19.0 Å². The Labute approximate surface area is 85.5 Å². The van der Waals surface area contributed by atoms with E-state index in [1.165, 1.54) is 30.5 Å². The summed E-state index contributed by atoms with van der Waals surface area (Å²) < 4.78 is 2.04.